The smallest absolute Gasteiger partial charge is 0.243 e. The normalized spacial score (nSPS) is 16.0. The van der Waals surface area contributed by atoms with Gasteiger partial charge in [-0.3, -0.25) is 0 Å². The molecule has 1 saturated heterocycles. The van der Waals surface area contributed by atoms with Gasteiger partial charge in [0, 0.05) is 30.9 Å². The van der Waals surface area contributed by atoms with Crippen molar-refractivity contribution in [3.05, 3.63) is 78.5 Å². The Hall–Kier alpha value is -3.03. The van der Waals surface area contributed by atoms with Crippen LogP contribution in [0.2, 0.25) is 0 Å². The van der Waals surface area contributed by atoms with E-state index in [0.29, 0.717) is 30.8 Å². The molecule has 0 amide bonds. The molecule has 3 heterocycles. The molecule has 1 aliphatic heterocycles. The van der Waals surface area contributed by atoms with Crippen LogP contribution in [0.3, 0.4) is 0 Å². The molecule has 158 valence electrons. The standard InChI is InChI=1S/C24H24N4O2S/c1-18-9-11-21(12-10-18)31(29,30)27-16-13-20(14-17-27)28-23(19-6-3-2-4-7-19)26-22-8-5-15-25-24(22)28/h2-12,15,20H,13-14,16-17H2,1H3. The van der Waals surface area contributed by atoms with Gasteiger partial charge >= 0.3 is 0 Å². The number of hydrogen-bond donors (Lipinski definition) is 0. The lowest BCUT2D eigenvalue weighted by Gasteiger charge is -2.32. The number of piperidine rings is 1. The van der Waals surface area contributed by atoms with Gasteiger partial charge in [0.1, 0.15) is 11.3 Å². The maximum atomic E-state index is 13.1. The predicted octanol–water partition coefficient (Wildman–Crippen LogP) is 4.43. The average molecular weight is 433 g/mol. The molecular formula is C24H24N4O2S. The zero-order valence-corrected chi connectivity index (χ0v) is 18.2. The number of rotatable bonds is 4. The van der Waals surface area contributed by atoms with Crippen LogP contribution < -0.4 is 0 Å². The Balaban J connectivity index is 1.45. The lowest BCUT2D eigenvalue weighted by Crippen LogP contribution is -2.39. The number of aromatic nitrogens is 3. The fraction of sp³-hybridized carbons (Fsp3) is 0.250. The fourth-order valence-electron chi connectivity index (χ4n) is 4.27. The monoisotopic (exact) mass is 432 g/mol. The second-order valence-electron chi connectivity index (χ2n) is 7.97. The predicted molar refractivity (Wildman–Crippen MR) is 121 cm³/mol. The number of imidazole rings is 1. The molecule has 0 radical (unpaired) electrons. The van der Waals surface area contributed by atoms with E-state index in [1.165, 1.54) is 0 Å². The van der Waals surface area contributed by atoms with Crippen LogP contribution in [0.25, 0.3) is 22.6 Å². The van der Waals surface area contributed by atoms with Crippen molar-refractivity contribution >= 4 is 21.2 Å². The van der Waals surface area contributed by atoms with Crippen LogP contribution in [-0.2, 0) is 10.0 Å². The van der Waals surface area contributed by atoms with E-state index in [4.69, 9.17) is 4.98 Å². The first kappa shape index (κ1) is 19.9. The Kier molecular flexibility index (Phi) is 5.08. The third-order valence-electron chi connectivity index (χ3n) is 5.93. The van der Waals surface area contributed by atoms with Crippen LogP contribution in [0, 0.1) is 6.92 Å². The van der Waals surface area contributed by atoms with Crippen molar-refractivity contribution in [2.24, 2.45) is 0 Å². The van der Waals surface area contributed by atoms with Gasteiger partial charge in [0.15, 0.2) is 5.65 Å². The van der Waals surface area contributed by atoms with Crippen molar-refractivity contribution in [1.82, 2.24) is 18.8 Å². The van der Waals surface area contributed by atoms with E-state index in [2.05, 4.69) is 21.7 Å². The summed E-state index contributed by atoms with van der Waals surface area (Å²) in [6.45, 7) is 2.90. The molecule has 0 saturated carbocycles. The highest BCUT2D eigenvalue weighted by Gasteiger charge is 2.31. The molecule has 2 aromatic carbocycles. The second kappa shape index (κ2) is 7.90. The van der Waals surface area contributed by atoms with Crippen molar-refractivity contribution in [3.63, 3.8) is 0 Å². The van der Waals surface area contributed by atoms with E-state index in [0.717, 1.165) is 28.1 Å². The number of nitrogens with zero attached hydrogens (tertiary/aromatic N) is 4. The molecule has 2 aromatic heterocycles. The second-order valence-corrected chi connectivity index (χ2v) is 9.90. The van der Waals surface area contributed by atoms with E-state index in [9.17, 15) is 8.42 Å². The minimum absolute atomic E-state index is 0.138. The summed E-state index contributed by atoms with van der Waals surface area (Å²) in [7, 11) is -3.48. The number of sulfonamides is 1. The van der Waals surface area contributed by atoms with E-state index < -0.39 is 10.0 Å². The molecule has 0 unspecified atom stereocenters. The largest absolute Gasteiger partial charge is 0.305 e. The Morgan fingerprint density at radius 3 is 2.32 bits per heavy atom. The molecule has 0 aliphatic carbocycles. The van der Waals surface area contributed by atoms with Gasteiger partial charge < -0.3 is 4.57 Å². The molecule has 0 atom stereocenters. The summed E-state index contributed by atoms with van der Waals surface area (Å²) < 4.78 is 30.0. The first-order valence-electron chi connectivity index (χ1n) is 10.5. The first-order chi connectivity index (χ1) is 15.0. The number of benzene rings is 2. The van der Waals surface area contributed by atoms with E-state index in [-0.39, 0.29) is 6.04 Å². The van der Waals surface area contributed by atoms with Gasteiger partial charge in [0.2, 0.25) is 10.0 Å². The zero-order valence-electron chi connectivity index (χ0n) is 17.3. The van der Waals surface area contributed by atoms with Gasteiger partial charge in [0.25, 0.3) is 0 Å². The third-order valence-corrected chi connectivity index (χ3v) is 7.84. The lowest BCUT2D eigenvalue weighted by molar-refractivity contribution is 0.278. The molecule has 1 fully saturated rings. The Morgan fingerprint density at radius 1 is 0.903 bits per heavy atom. The highest BCUT2D eigenvalue weighted by atomic mass is 32.2. The van der Waals surface area contributed by atoms with Crippen molar-refractivity contribution < 1.29 is 8.42 Å². The molecule has 4 aromatic rings. The average Bonchev–Trinajstić information content (AvgIpc) is 3.20. The Bertz CT molecular complexity index is 1310. The van der Waals surface area contributed by atoms with Gasteiger partial charge in [-0.25, -0.2) is 18.4 Å². The molecule has 0 N–H and O–H groups in total. The fourth-order valence-corrected chi connectivity index (χ4v) is 5.74. The molecule has 1 aliphatic rings. The van der Waals surface area contributed by atoms with Crippen molar-refractivity contribution in [2.45, 2.75) is 30.7 Å². The summed E-state index contributed by atoms with van der Waals surface area (Å²) in [6.07, 6.45) is 3.21. The van der Waals surface area contributed by atoms with Crippen LogP contribution in [0.4, 0.5) is 0 Å². The number of aryl methyl sites for hydroxylation is 1. The van der Waals surface area contributed by atoms with Crippen LogP contribution in [0.15, 0.2) is 77.8 Å². The quantitative estimate of drug-likeness (QED) is 0.478. The first-order valence-corrected chi connectivity index (χ1v) is 11.9. The van der Waals surface area contributed by atoms with E-state index in [1.54, 1.807) is 22.6 Å². The summed E-state index contributed by atoms with van der Waals surface area (Å²) >= 11 is 0. The lowest BCUT2D eigenvalue weighted by atomic mass is 10.1. The SMILES string of the molecule is Cc1ccc(S(=O)(=O)N2CCC(n3c(-c4ccccc4)nc4cccnc43)CC2)cc1. The van der Waals surface area contributed by atoms with Gasteiger partial charge in [-0.05, 0) is 44.0 Å². The van der Waals surface area contributed by atoms with E-state index >= 15 is 0 Å². The molecule has 7 heteroatoms. The van der Waals surface area contributed by atoms with Crippen molar-refractivity contribution in [1.29, 1.82) is 0 Å². The minimum atomic E-state index is -3.48. The summed E-state index contributed by atoms with van der Waals surface area (Å²) in [4.78, 5) is 9.80. The van der Waals surface area contributed by atoms with Crippen LogP contribution >= 0.6 is 0 Å². The van der Waals surface area contributed by atoms with Gasteiger partial charge in [-0.2, -0.15) is 4.31 Å². The maximum Gasteiger partial charge on any atom is 0.243 e. The third kappa shape index (κ3) is 3.64. The van der Waals surface area contributed by atoms with Crippen LogP contribution in [0.5, 0.6) is 0 Å². The molecule has 31 heavy (non-hydrogen) atoms. The summed E-state index contributed by atoms with van der Waals surface area (Å²) in [6, 6.07) is 21.2. The van der Waals surface area contributed by atoms with Crippen molar-refractivity contribution in [3.8, 4) is 11.4 Å². The van der Waals surface area contributed by atoms with Gasteiger partial charge in [-0.1, -0.05) is 48.0 Å². The molecule has 0 bridgehead atoms. The topological polar surface area (TPSA) is 68.1 Å². The summed E-state index contributed by atoms with van der Waals surface area (Å²) in [5.74, 6) is 0.883. The van der Waals surface area contributed by atoms with Gasteiger partial charge in [-0.15, -0.1) is 0 Å². The van der Waals surface area contributed by atoms with Crippen LogP contribution in [-0.4, -0.2) is 40.3 Å². The zero-order chi connectivity index (χ0) is 21.4. The Labute approximate surface area is 182 Å². The van der Waals surface area contributed by atoms with Gasteiger partial charge in [0.05, 0.1) is 4.90 Å². The molecule has 5 rings (SSSR count). The van der Waals surface area contributed by atoms with Crippen LogP contribution in [0.1, 0.15) is 24.4 Å². The molecule has 6 nitrogen and oxygen atoms in total. The Morgan fingerprint density at radius 2 is 1.61 bits per heavy atom. The van der Waals surface area contributed by atoms with Crippen molar-refractivity contribution in [2.75, 3.05) is 13.1 Å². The minimum Gasteiger partial charge on any atom is -0.305 e. The summed E-state index contributed by atoms with van der Waals surface area (Å²) in [5, 5.41) is 0. The molecular weight excluding hydrogens is 408 g/mol. The highest BCUT2D eigenvalue weighted by Crippen LogP contribution is 2.33. The number of fused-ring (bicyclic) bond motifs is 1. The highest BCUT2D eigenvalue weighted by molar-refractivity contribution is 7.89. The maximum absolute atomic E-state index is 13.1. The number of hydrogen-bond acceptors (Lipinski definition) is 4. The summed E-state index contributed by atoms with van der Waals surface area (Å²) in [5.41, 5.74) is 3.79. The molecule has 0 spiro atoms. The number of pyridine rings is 1. The van der Waals surface area contributed by atoms with E-state index in [1.807, 2.05) is 49.4 Å².